The first-order valence-electron chi connectivity index (χ1n) is 7.10. The van der Waals surface area contributed by atoms with Crippen molar-refractivity contribution in [3.05, 3.63) is 59.7 Å². The van der Waals surface area contributed by atoms with E-state index in [2.05, 4.69) is 5.32 Å². The number of carbonyl (C=O) groups is 2. The molecule has 0 aromatic heterocycles. The van der Waals surface area contributed by atoms with Gasteiger partial charge in [0.15, 0.2) is 0 Å². The van der Waals surface area contributed by atoms with Crippen LogP contribution in [0.15, 0.2) is 48.5 Å². The molecule has 2 heterocycles. The predicted molar refractivity (Wildman–Crippen MR) is 83.7 cm³/mol. The van der Waals surface area contributed by atoms with Gasteiger partial charge in [-0.05, 0) is 18.2 Å². The molecule has 0 fully saturated rings. The lowest BCUT2D eigenvalue weighted by atomic mass is 9.94. The largest absolute Gasteiger partial charge is 0.350 e. The van der Waals surface area contributed by atoms with Crippen molar-refractivity contribution in [3.8, 4) is 0 Å². The van der Waals surface area contributed by atoms with Crippen molar-refractivity contribution in [2.45, 2.75) is 5.66 Å². The summed E-state index contributed by atoms with van der Waals surface area (Å²) in [6, 6.07) is 14.8. The van der Waals surface area contributed by atoms with Gasteiger partial charge in [-0.15, -0.1) is 0 Å². The van der Waals surface area contributed by atoms with E-state index in [1.54, 1.807) is 25.1 Å². The topological polar surface area (TPSA) is 52.7 Å². The molecule has 0 saturated heterocycles. The molecule has 2 aromatic carbocycles. The molecule has 1 spiro atoms. The van der Waals surface area contributed by atoms with Crippen molar-refractivity contribution in [2.75, 3.05) is 24.3 Å². The van der Waals surface area contributed by atoms with Crippen LogP contribution in [0.25, 0.3) is 0 Å². The summed E-state index contributed by atoms with van der Waals surface area (Å²) < 4.78 is 0. The Balaban J connectivity index is 2.00. The smallest absolute Gasteiger partial charge is 0.278 e. The molecule has 5 nitrogen and oxygen atoms in total. The van der Waals surface area contributed by atoms with Gasteiger partial charge in [0, 0.05) is 25.3 Å². The van der Waals surface area contributed by atoms with Crippen molar-refractivity contribution in [2.24, 2.45) is 0 Å². The first-order chi connectivity index (χ1) is 10.6. The first kappa shape index (κ1) is 12.9. The fourth-order valence-electron chi connectivity index (χ4n) is 3.37. The van der Waals surface area contributed by atoms with E-state index >= 15 is 0 Å². The van der Waals surface area contributed by atoms with Crippen LogP contribution in [0, 0.1) is 0 Å². The van der Waals surface area contributed by atoms with Crippen molar-refractivity contribution < 1.29 is 9.59 Å². The summed E-state index contributed by atoms with van der Waals surface area (Å²) in [6.45, 7) is 0. The Morgan fingerprint density at radius 2 is 1.64 bits per heavy atom. The minimum Gasteiger partial charge on any atom is -0.350 e. The summed E-state index contributed by atoms with van der Waals surface area (Å²) in [4.78, 5) is 28.8. The summed E-state index contributed by atoms with van der Waals surface area (Å²) in [6.07, 6.45) is 0. The average Bonchev–Trinajstić information content (AvgIpc) is 2.76. The van der Waals surface area contributed by atoms with Gasteiger partial charge in [-0.2, -0.15) is 0 Å². The summed E-state index contributed by atoms with van der Waals surface area (Å²) in [5.41, 5.74) is 1.71. The van der Waals surface area contributed by atoms with Gasteiger partial charge in [0.25, 0.3) is 11.8 Å². The number of carbonyl (C=O) groups excluding carboxylic acids is 2. The van der Waals surface area contributed by atoms with Gasteiger partial charge in [-0.1, -0.05) is 30.3 Å². The second-order valence-corrected chi connectivity index (χ2v) is 5.63. The second kappa shape index (κ2) is 4.10. The summed E-state index contributed by atoms with van der Waals surface area (Å²) in [5, 5.41) is 3.30. The molecule has 2 aromatic rings. The number of anilines is 2. The van der Waals surface area contributed by atoms with Crippen LogP contribution in [-0.4, -0.2) is 30.8 Å². The highest BCUT2D eigenvalue weighted by atomic mass is 16.2. The Hall–Kier alpha value is -2.82. The van der Waals surface area contributed by atoms with Crippen LogP contribution in [0.3, 0.4) is 0 Å². The van der Waals surface area contributed by atoms with Crippen LogP contribution >= 0.6 is 0 Å². The van der Waals surface area contributed by atoms with Crippen molar-refractivity contribution >= 4 is 23.2 Å². The highest BCUT2D eigenvalue weighted by molar-refractivity contribution is 6.14. The molecule has 22 heavy (non-hydrogen) atoms. The molecule has 1 atom stereocenters. The zero-order valence-corrected chi connectivity index (χ0v) is 12.3. The number of benzene rings is 2. The normalized spacial score (nSPS) is 22.6. The molecule has 0 radical (unpaired) electrons. The summed E-state index contributed by atoms with van der Waals surface area (Å²) in [7, 11) is 3.40. The number of nitrogens with one attached hydrogen (secondary N) is 1. The van der Waals surface area contributed by atoms with Crippen molar-refractivity contribution in [1.29, 1.82) is 0 Å². The highest BCUT2D eigenvalue weighted by Crippen LogP contribution is 2.46. The number of nitrogens with zero attached hydrogens (tertiary/aromatic N) is 2. The van der Waals surface area contributed by atoms with E-state index in [4.69, 9.17) is 0 Å². The third kappa shape index (κ3) is 1.33. The lowest BCUT2D eigenvalue weighted by Crippen LogP contribution is -2.60. The van der Waals surface area contributed by atoms with Gasteiger partial charge in [-0.25, -0.2) is 0 Å². The number of hydrogen-bond acceptors (Lipinski definition) is 3. The second-order valence-electron chi connectivity index (χ2n) is 5.63. The van der Waals surface area contributed by atoms with Crippen molar-refractivity contribution in [3.63, 3.8) is 0 Å². The molecule has 0 saturated carbocycles. The first-order valence-corrected chi connectivity index (χ1v) is 7.10. The molecular formula is C17H15N3O2. The van der Waals surface area contributed by atoms with Crippen LogP contribution < -0.4 is 10.2 Å². The Morgan fingerprint density at radius 3 is 2.45 bits per heavy atom. The van der Waals surface area contributed by atoms with E-state index in [0.29, 0.717) is 11.3 Å². The minimum atomic E-state index is -1.17. The Bertz CT molecular complexity index is 817. The quantitative estimate of drug-likeness (QED) is 0.808. The molecule has 2 aliphatic rings. The molecule has 0 bridgehead atoms. The van der Waals surface area contributed by atoms with Crippen LogP contribution in [-0.2, 0) is 10.5 Å². The van der Waals surface area contributed by atoms with E-state index in [1.807, 2.05) is 42.5 Å². The highest BCUT2D eigenvalue weighted by Gasteiger charge is 2.56. The van der Waals surface area contributed by atoms with Crippen LogP contribution in [0.4, 0.5) is 11.4 Å². The molecular weight excluding hydrogens is 278 g/mol. The summed E-state index contributed by atoms with van der Waals surface area (Å²) in [5.74, 6) is -0.313. The standard InChI is InChI=1S/C17H15N3O2/c1-19-14-10-6-4-8-12(14)17(16(19)22)18-13-9-5-3-7-11(13)15(21)20(17)2/h3-10,18H,1-2H3. The van der Waals surface area contributed by atoms with E-state index in [9.17, 15) is 9.59 Å². The minimum absolute atomic E-state index is 0.154. The fourth-order valence-corrected chi connectivity index (χ4v) is 3.37. The van der Waals surface area contributed by atoms with Gasteiger partial charge in [0.2, 0.25) is 5.66 Å². The maximum atomic E-state index is 13.0. The monoisotopic (exact) mass is 293 g/mol. The number of likely N-dealkylation sites (N-methyl/N-ethyl adjacent to an activating group) is 2. The molecule has 2 aliphatic heterocycles. The Kier molecular flexibility index (Phi) is 2.40. The van der Waals surface area contributed by atoms with E-state index in [-0.39, 0.29) is 11.8 Å². The number of rotatable bonds is 0. The third-order valence-electron chi connectivity index (χ3n) is 4.55. The summed E-state index contributed by atoms with van der Waals surface area (Å²) >= 11 is 0. The van der Waals surface area contributed by atoms with Gasteiger partial charge >= 0.3 is 0 Å². The third-order valence-corrected chi connectivity index (χ3v) is 4.55. The fraction of sp³-hybridized carbons (Fsp3) is 0.176. The molecule has 0 aliphatic carbocycles. The van der Waals surface area contributed by atoms with E-state index in [1.165, 1.54) is 4.90 Å². The molecule has 110 valence electrons. The lowest BCUT2D eigenvalue weighted by molar-refractivity contribution is -0.126. The average molecular weight is 293 g/mol. The molecule has 5 heteroatoms. The maximum Gasteiger partial charge on any atom is 0.278 e. The van der Waals surface area contributed by atoms with Gasteiger partial charge in [0.1, 0.15) is 0 Å². The van der Waals surface area contributed by atoms with Crippen molar-refractivity contribution in [1.82, 2.24) is 4.90 Å². The SMILES string of the molecule is CN1C(=O)C2(Nc3ccccc3C(=O)N2C)c2ccccc21. The molecule has 1 unspecified atom stereocenters. The predicted octanol–water partition coefficient (Wildman–Crippen LogP) is 2.01. The van der Waals surface area contributed by atoms with Gasteiger partial charge in [0.05, 0.1) is 11.3 Å². The van der Waals surface area contributed by atoms with Gasteiger partial charge < -0.3 is 15.1 Å². The number of amides is 2. The van der Waals surface area contributed by atoms with E-state index < -0.39 is 5.66 Å². The number of fused-ring (bicyclic) bond motifs is 3. The Labute approximate surface area is 128 Å². The van der Waals surface area contributed by atoms with E-state index in [0.717, 1.165) is 11.3 Å². The lowest BCUT2D eigenvalue weighted by Gasteiger charge is -2.42. The zero-order valence-electron chi connectivity index (χ0n) is 12.3. The zero-order chi connectivity index (χ0) is 15.5. The van der Waals surface area contributed by atoms with Crippen LogP contribution in [0.5, 0.6) is 0 Å². The molecule has 4 rings (SSSR count). The Morgan fingerprint density at radius 1 is 0.955 bits per heavy atom. The van der Waals surface area contributed by atoms with Crippen LogP contribution in [0.1, 0.15) is 15.9 Å². The van der Waals surface area contributed by atoms with Crippen LogP contribution in [0.2, 0.25) is 0 Å². The van der Waals surface area contributed by atoms with Gasteiger partial charge in [-0.3, -0.25) is 9.59 Å². The molecule has 2 amide bonds. The maximum absolute atomic E-state index is 13.0. The number of para-hydroxylation sites is 2. The molecule has 1 N–H and O–H groups in total. The number of hydrogen-bond donors (Lipinski definition) is 1.